The number of aromatic nitrogens is 2. The van der Waals surface area contributed by atoms with Crippen LogP contribution in [0.3, 0.4) is 0 Å². The first-order valence-corrected chi connectivity index (χ1v) is 5.66. The molecule has 3 heteroatoms. The van der Waals surface area contributed by atoms with Gasteiger partial charge in [0.05, 0.1) is 11.0 Å². The van der Waals surface area contributed by atoms with Crippen molar-refractivity contribution < 1.29 is 4.79 Å². The Hall–Kier alpha value is -1.77. The molecule has 2 rings (SSSR count). The fourth-order valence-corrected chi connectivity index (χ4v) is 1.92. The molecule has 0 radical (unpaired) electrons. The van der Waals surface area contributed by atoms with Crippen molar-refractivity contribution in [2.75, 3.05) is 0 Å². The molecular weight excluding hydrogens is 212 g/mol. The Morgan fingerprint density at radius 2 is 1.59 bits per heavy atom. The van der Waals surface area contributed by atoms with Gasteiger partial charge in [-0.25, -0.2) is 0 Å². The summed E-state index contributed by atoms with van der Waals surface area (Å²) >= 11 is 0. The minimum atomic E-state index is -0.0767. The van der Waals surface area contributed by atoms with Crippen molar-refractivity contribution in [2.24, 2.45) is 0 Å². The normalized spacial score (nSPS) is 11.8. The maximum Gasteiger partial charge on any atom is 0.160 e. The highest BCUT2D eigenvalue weighted by Gasteiger charge is 2.21. The van der Waals surface area contributed by atoms with Gasteiger partial charge in [-0.05, 0) is 30.0 Å². The molecule has 0 saturated carbocycles. The molecule has 1 aromatic heterocycles. The van der Waals surface area contributed by atoms with Crippen molar-refractivity contribution in [3.63, 3.8) is 0 Å². The third-order valence-corrected chi connectivity index (χ3v) is 2.80. The summed E-state index contributed by atoms with van der Waals surface area (Å²) < 4.78 is 0. The summed E-state index contributed by atoms with van der Waals surface area (Å²) in [6.45, 7) is 7.87. The number of hydrogen-bond donors (Lipinski definition) is 0. The SMILES string of the molecule is CC(=O)c1cc2nccnc2cc1C(C)(C)C. The molecule has 0 aliphatic heterocycles. The third kappa shape index (κ3) is 2.18. The number of carbonyl (C=O) groups is 1. The van der Waals surface area contributed by atoms with Crippen LogP contribution < -0.4 is 0 Å². The molecule has 2 aromatic rings. The van der Waals surface area contributed by atoms with Gasteiger partial charge in [-0.15, -0.1) is 0 Å². The first-order chi connectivity index (χ1) is 7.89. The number of Topliss-reactive ketones (excluding diaryl/α,β-unsaturated/α-hetero) is 1. The summed E-state index contributed by atoms with van der Waals surface area (Å²) in [7, 11) is 0. The zero-order valence-corrected chi connectivity index (χ0v) is 10.6. The summed E-state index contributed by atoms with van der Waals surface area (Å²) in [4.78, 5) is 20.2. The van der Waals surface area contributed by atoms with Crippen LogP contribution in [0.5, 0.6) is 0 Å². The van der Waals surface area contributed by atoms with Crippen LogP contribution in [0.1, 0.15) is 43.6 Å². The summed E-state index contributed by atoms with van der Waals surface area (Å²) in [5.41, 5.74) is 3.30. The molecule has 1 aromatic carbocycles. The lowest BCUT2D eigenvalue weighted by Gasteiger charge is -2.22. The van der Waals surface area contributed by atoms with E-state index in [4.69, 9.17) is 0 Å². The van der Waals surface area contributed by atoms with Crippen molar-refractivity contribution in [3.8, 4) is 0 Å². The Bertz CT molecular complexity index is 582. The molecular formula is C14H16N2O. The van der Waals surface area contributed by atoms with E-state index in [-0.39, 0.29) is 11.2 Å². The predicted molar refractivity (Wildman–Crippen MR) is 68.2 cm³/mol. The van der Waals surface area contributed by atoms with Crippen LogP contribution in [0.2, 0.25) is 0 Å². The van der Waals surface area contributed by atoms with Crippen LogP contribution in [0.4, 0.5) is 0 Å². The predicted octanol–water partition coefficient (Wildman–Crippen LogP) is 3.13. The van der Waals surface area contributed by atoms with Gasteiger partial charge in [-0.3, -0.25) is 14.8 Å². The van der Waals surface area contributed by atoms with Gasteiger partial charge in [0, 0.05) is 18.0 Å². The fourth-order valence-electron chi connectivity index (χ4n) is 1.92. The summed E-state index contributed by atoms with van der Waals surface area (Å²) in [6.07, 6.45) is 3.31. The van der Waals surface area contributed by atoms with E-state index in [1.807, 2.05) is 12.1 Å². The first kappa shape index (κ1) is 11.7. The number of ketones is 1. The summed E-state index contributed by atoms with van der Waals surface area (Å²) in [5.74, 6) is 0.0717. The van der Waals surface area contributed by atoms with E-state index in [0.29, 0.717) is 0 Å². The van der Waals surface area contributed by atoms with E-state index < -0.39 is 0 Å². The number of fused-ring (bicyclic) bond motifs is 1. The number of nitrogens with zero attached hydrogens (tertiary/aromatic N) is 2. The Balaban J connectivity index is 2.80. The number of hydrogen-bond acceptors (Lipinski definition) is 3. The second-order valence-corrected chi connectivity index (χ2v) is 5.25. The third-order valence-electron chi connectivity index (χ3n) is 2.80. The van der Waals surface area contributed by atoms with Crippen LogP contribution in [-0.2, 0) is 5.41 Å². The van der Waals surface area contributed by atoms with Gasteiger partial charge in [0.15, 0.2) is 5.78 Å². The minimum Gasteiger partial charge on any atom is -0.294 e. The molecule has 0 aliphatic carbocycles. The molecule has 0 fully saturated rings. The van der Waals surface area contributed by atoms with Crippen LogP contribution >= 0.6 is 0 Å². The molecule has 0 unspecified atom stereocenters. The van der Waals surface area contributed by atoms with E-state index >= 15 is 0 Å². The van der Waals surface area contributed by atoms with Gasteiger partial charge in [-0.1, -0.05) is 20.8 Å². The summed E-state index contributed by atoms with van der Waals surface area (Å²) in [6, 6.07) is 3.81. The second-order valence-electron chi connectivity index (χ2n) is 5.25. The van der Waals surface area contributed by atoms with Gasteiger partial charge >= 0.3 is 0 Å². The van der Waals surface area contributed by atoms with Crippen molar-refractivity contribution in [3.05, 3.63) is 35.7 Å². The molecule has 0 bridgehead atoms. The molecule has 0 spiro atoms. The highest BCUT2D eigenvalue weighted by molar-refractivity contribution is 5.99. The minimum absolute atomic E-state index is 0.0717. The van der Waals surface area contributed by atoms with E-state index in [9.17, 15) is 4.79 Å². The molecule has 88 valence electrons. The lowest BCUT2D eigenvalue weighted by atomic mass is 9.82. The average Bonchev–Trinajstić information content (AvgIpc) is 2.26. The van der Waals surface area contributed by atoms with Gasteiger partial charge in [0.2, 0.25) is 0 Å². The molecule has 1 heterocycles. The standard InChI is InChI=1S/C14H16N2O/c1-9(17)10-7-12-13(16-6-5-15-12)8-11(10)14(2,3)4/h5-8H,1-4H3. The van der Waals surface area contributed by atoms with Crippen LogP contribution in [-0.4, -0.2) is 15.8 Å². The molecule has 0 amide bonds. The van der Waals surface area contributed by atoms with Gasteiger partial charge in [-0.2, -0.15) is 0 Å². The maximum atomic E-state index is 11.7. The maximum absolute atomic E-state index is 11.7. The number of rotatable bonds is 1. The Kier molecular flexibility index (Phi) is 2.69. The van der Waals surface area contributed by atoms with Gasteiger partial charge in [0.25, 0.3) is 0 Å². The molecule has 0 N–H and O–H groups in total. The van der Waals surface area contributed by atoms with Crippen LogP contribution in [0.15, 0.2) is 24.5 Å². The fraction of sp³-hybridized carbons (Fsp3) is 0.357. The molecule has 0 saturated heterocycles. The van der Waals surface area contributed by atoms with Crippen molar-refractivity contribution in [1.82, 2.24) is 9.97 Å². The highest BCUT2D eigenvalue weighted by atomic mass is 16.1. The first-order valence-electron chi connectivity index (χ1n) is 5.66. The number of benzene rings is 1. The Morgan fingerprint density at radius 1 is 1.06 bits per heavy atom. The van der Waals surface area contributed by atoms with E-state index in [2.05, 4.69) is 30.7 Å². The van der Waals surface area contributed by atoms with Gasteiger partial charge in [0.1, 0.15) is 0 Å². The molecule has 0 atom stereocenters. The number of carbonyl (C=O) groups excluding carboxylic acids is 1. The average molecular weight is 228 g/mol. The van der Waals surface area contributed by atoms with E-state index in [0.717, 1.165) is 22.2 Å². The second kappa shape index (κ2) is 3.91. The van der Waals surface area contributed by atoms with Crippen LogP contribution in [0, 0.1) is 0 Å². The van der Waals surface area contributed by atoms with Crippen molar-refractivity contribution in [1.29, 1.82) is 0 Å². The van der Waals surface area contributed by atoms with E-state index in [1.165, 1.54) is 0 Å². The van der Waals surface area contributed by atoms with Crippen molar-refractivity contribution >= 4 is 16.8 Å². The van der Waals surface area contributed by atoms with E-state index in [1.54, 1.807) is 19.3 Å². The largest absolute Gasteiger partial charge is 0.294 e. The zero-order chi connectivity index (χ0) is 12.6. The summed E-state index contributed by atoms with van der Waals surface area (Å²) in [5, 5.41) is 0. The highest BCUT2D eigenvalue weighted by Crippen LogP contribution is 2.29. The molecule has 0 aliphatic rings. The Labute approximate surface area is 101 Å². The van der Waals surface area contributed by atoms with Crippen molar-refractivity contribution in [2.45, 2.75) is 33.1 Å². The lowest BCUT2D eigenvalue weighted by molar-refractivity contribution is 0.101. The Morgan fingerprint density at radius 3 is 2.06 bits per heavy atom. The quantitative estimate of drug-likeness (QED) is 0.704. The zero-order valence-electron chi connectivity index (χ0n) is 10.6. The monoisotopic (exact) mass is 228 g/mol. The molecule has 3 nitrogen and oxygen atoms in total. The molecule has 17 heavy (non-hydrogen) atoms. The smallest absolute Gasteiger partial charge is 0.160 e. The van der Waals surface area contributed by atoms with Crippen LogP contribution in [0.25, 0.3) is 11.0 Å². The van der Waals surface area contributed by atoms with Gasteiger partial charge < -0.3 is 0 Å². The lowest BCUT2D eigenvalue weighted by Crippen LogP contribution is -2.16. The topological polar surface area (TPSA) is 42.9 Å².